The molecule has 1 amide bonds. The average Bonchev–Trinajstić information content (AvgIpc) is 3.15. The average molecular weight is 324 g/mol. The lowest BCUT2D eigenvalue weighted by molar-refractivity contribution is 0.0922. The van der Waals surface area contributed by atoms with Gasteiger partial charge in [-0.2, -0.15) is 0 Å². The number of halogens is 1. The molecule has 3 rings (SSSR count). The molecule has 1 aliphatic rings. The first-order valence-corrected chi connectivity index (χ1v) is 6.92. The van der Waals surface area contributed by atoms with Crippen molar-refractivity contribution in [3.63, 3.8) is 0 Å². The predicted octanol–water partition coefficient (Wildman–Crippen LogP) is 1.07. The lowest BCUT2D eigenvalue weighted by atomic mass is 10.1. The Labute approximate surface area is 134 Å². The lowest BCUT2D eigenvalue weighted by Gasteiger charge is -2.13. The molecule has 3 N–H and O–H groups in total. The molecule has 7 heteroatoms. The molecule has 1 aliphatic heterocycles. The Kier molecular flexibility index (Phi) is 5.54. The fourth-order valence-electron chi connectivity index (χ4n) is 2.33. The number of nitrogens with zero attached hydrogens (tertiary/aromatic N) is 1. The van der Waals surface area contributed by atoms with Crippen LogP contribution in [-0.2, 0) is 0 Å². The third-order valence-electron chi connectivity index (χ3n) is 3.59. The molecule has 118 valence electrons. The van der Waals surface area contributed by atoms with Crippen LogP contribution in [0.2, 0.25) is 0 Å². The van der Waals surface area contributed by atoms with E-state index in [0.717, 1.165) is 5.56 Å². The molecule has 0 radical (unpaired) electrons. The molecule has 0 spiro atoms. The van der Waals surface area contributed by atoms with E-state index >= 15 is 0 Å². The van der Waals surface area contributed by atoms with E-state index in [2.05, 4.69) is 15.6 Å². The third kappa shape index (κ3) is 3.65. The summed E-state index contributed by atoms with van der Waals surface area (Å²) in [5.74, 6) is 0.165. The summed E-state index contributed by atoms with van der Waals surface area (Å²) >= 11 is 0. The molecule has 2 atom stereocenters. The van der Waals surface area contributed by atoms with Gasteiger partial charge < -0.3 is 20.2 Å². The van der Waals surface area contributed by atoms with E-state index in [1.165, 1.54) is 6.26 Å². The first-order valence-electron chi connectivity index (χ1n) is 6.92. The quantitative estimate of drug-likeness (QED) is 0.783. The van der Waals surface area contributed by atoms with Crippen molar-refractivity contribution in [3.05, 3.63) is 42.3 Å². The predicted molar refractivity (Wildman–Crippen MR) is 83.9 cm³/mol. The van der Waals surface area contributed by atoms with Gasteiger partial charge in [0, 0.05) is 31.1 Å². The van der Waals surface area contributed by atoms with Crippen molar-refractivity contribution in [2.75, 3.05) is 19.6 Å². The van der Waals surface area contributed by atoms with Crippen LogP contribution in [0.1, 0.15) is 10.5 Å². The number of carbonyl (C=O) groups excluding carboxylic acids is 1. The highest BCUT2D eigenvalue weighted by Gasteiger charge is 2.25. The van der Waals surface area contributed by atoms with Gasteiger partial charge in [0.1, 0.15) is 6.26 Å². The molecular weight excluding hydrogens is 306 g/mol. The maximum atomic E-state index is 12.0. The van der Waals surface area contributed by atoms with E-state index in [4.69, 9.17) is 4.42 Å². The van der Waals surface area contributed by atoms with Crippen LogP contribution >= 0.6 is 12.4 Å². The Morgan fingerprint density at radius 2 is 2.14 bits per heavy atom. The number of β-amino-alcohol motifs (C(OH)–C–C–N with tert-alkyl or cyclic N) is 1. The van der Waals surface area contributed by atoms with Gasteiger partial charge in [0.2, 0.25) is 5.89 Å². The Hall–Kier alpha value is -1.89. The molecule has 6 nitrogen and oxygen atoms in total. The highest BCUT2D eigenvalue weighted by Crippen LogP contribution is 2.17. The van der Waals surface area contributed by atoms with Gasteiger partial charge in [-0.3, -0.25) is 4.79 Å². The summed E-state index contributed by atoms with van der Waals surface area (Å²) in [7, 11) is 0. The summed E-state index contributed by atoms with van der Waals surface area (Å²) in [6.45, 7) is 1.69. The molecule has 2 heterocycles. The van der Waals surface area contributed by atoms with Crippen LogP contribution in [0.25, 0.3) is 11.5 Å². The third-order valence-corrected chi connectivity index (χ3v) is 3.59. The van der Waals surface area contributed by atoms with Crippen LogP contribution in [0.4, 0.5) is 0 Å². The molecular formula is C15H18ClN3O3. The van der Waals surface area contributed by atoms with Crippen molar-refractivity contribution < 1.29 is 14.3 Å². The number of aliphatic hydroxyl groups is 1. The van der Waals surface area contributed by atoms with Crippen molar-refractivity contribution in [3.8, 4) is 11.5 Å². The first kappa shape index (κ1) is 16.5. The van der Waals surface area contributed by atoms with Crippen molar-refractivity contribution in [2.45, 2.75) is 6.10 Å². The Morgan fingerprint density at radius 3 is 2.82 bits per heavy atom. The number of hydrogen-bond acceptors (Lipinski definition) is 5. The first-order chi connectivity index (χ1) is 10.2. The van der Waals surface area contributed by atoms with Crippen LogP contribution in [0.3, 0.4) is 0 Å². The van der Waals surface area contributed by atoms with Gasteiger partial charge in [0.25, 0.3) is 5.91 Å². The van der Waals surface area contributed by atoms with Gasteiger partial charge in [-0.15, -0.1) is 12.4 Å². The van der Waals surface area contributed by atoms with Crippen LogP contribution in [0.5, 0.6) is 0 Å². The number of aliphatic hydroxyl groups excluding tert-OH is 1. The van der Waals surface area contributed by atoms with Gasteiger partial charge in [-0.25, -0.2) is 4.98 Å². The molecule has 2 unspecified atom stereocenters. The number of amides is 1. The minimum Gasteiger partial charge on any atom is -0.444 e. The molecule has 1 fully saturated rings. The van der Waals surface area contributed by atoms with E-state index in [9.17, 15) is 9.90 Å². The summed E-state index contributed by atoms with van der Waals surface area (Å²) in [4.78, 5) is 16.2. The van der Waals surface area contributed by atoms with E-state index in [-0.39, 0.29) is 29.9 Å². The van der Waals surface area contributed by atoms with Gasteiger partial charge >= 0.3 is 0 Å². The number of rotatable bonds is 4. The van der Waals surface area contributed by atoms with Crippen molar-refractivity contribution in [1.82, 2.24) is 15.6 Å². The smallest absolute Gasteiger partial charge is 0.273 e. The molecule has 1 saturated heterocycles. The standard InChI is InChI=1S/C15H17N3O3.ClH/c19-13-8-16-6-11(13)7-17-14(20)12-9-21-15(18-12)10-4-2-1-3-5-10;/h1-5,9,11,13,16,19H,6-8H2,(H,17,20);1H. The van der Waals surface area contributed by atoms with Crippen LogP contribution in [-0.4, -0.2) is 41.7 Å². The normalized spacial score (nSPS) is 20.4. The van der Waals surface area contributed by atoms with E-state index in [1.807, 2.05) is 30.3 Å². The van der Waals surface area contributed by atoms with Gasteiger partial charge in [0.15, 0.2) is 5.69 Å². The van der Waals surface area contributed by atoms with Crippen molar-refractivity contribution in [1.29, 1.82) is 0 Å². The van der Waals surface area contributed by atoms with Gasteiger partial charge in [-0.05, 0) is 12.1 Å². The fraction of sp³-hybridized carbons (Fsp3) is 0.333. The Bertz CT molecular complexity index is 618. The molecule has 0 bridgehead atoms. The molecule has 1 aromatic carbocycles. The number of hydrogen-bond donors (Lipinski definition) is 3. The van der Waals surface area contributed by atoms with Crippen molar-refractivity contribution in [2.24, 2.45) is 5.92 Å². The number of carbonyl (C=O) groups is 1. The molecule has 1 aromatic heterocycles. The Balaban J connectivity index is 0.00000176. The van der Waals surface area contributed by atoms with Crippen LogP contribution < -0.4 is 10.6 Å². The van der Waals surface area contributed by atoms with Crippen LogP contribution in [0.15, 0.2) is 41.0 Å². The minimum absolute atomic E-state index is 0. The second kappa shape index (κ2) is 7.40. The zero-order valence-electron chi connectivity index (χ0n) is 11.9. The number of oxazole rings is 1. The largest absolute Gasteiger partial charge is 0.444 e. The Morgan fingerprint density at radius 1 is 1.36 bits per heavy atom. The van der Waals surface area contributed by atoms with E-state index in [1.54, 1.807) is 0 Å². The summed E-state index contributed by atoms with van der Waals surface area (Å²) < 4.78 is 5.33. The summed E-state index contributed by atoms with van der Waals surface area (Å²) in [5.41, 5.74) is 1.07. The number of nitrogens with one attached hydrogen (secondary N) is 2. The zero-order valence-corrected chi connectivity index (χ0v) is 12.7. The van der Waals surface area contributed by atoms with Gasteiger partial charge in [0.05, 0.1) is 6.10 Å². The summed E-state index contributed by atoms with van der Waals surface area (Å²) in [5, 5.41) is 15.5. The number of aromatic nitrogens is 1. The molecule has 0 saturated carbocycles. The SMILES string of the molecule is Cl.O=C(NCC1CNCC1O)c1coc(-c2ccccc2)n1. The fourth-order valence-corrected chi connectivity index (χ4v) is 2.33. The summed E-state index contributed by atoms with van der Waals surface area (Å²) in [6.07, 6.45) is 0.934. The zero-order chi connectivity index (χ0) is 14.7. The molecule has 22 heavy (non-hydrogen) atoms. The highest BCUT2D eigenvalue weighted by molar-refractivity contribution is 5.92. The minimum atomic E-state index is -0.414. The monoisotopic (exact) mass is 323 g/mol. The van der Waals surface area contributed by atoms with Crippen LogP contribution in [0, 0.1) is 5.92 Å². The molecule has 2 aromatic rings. The topological polar surface area (TPSA) is 87.4 Å². The number of benzene rings is 1. The highest BCUT2D eigenvalue weighted by atomic mass is 35.5. The maximum absolute atomic E-state index is 12.0. The van der Waals surface area contributed by atoms with E-state index < -0.39 is 6.10 Å². The summed E-state index contributed by atoms with van der Waals surface area (Å²) in [6, 6.07) is 9.41. The molecule has 0 aliphatic carbocycles. The lowest BCUT2D eigenvalue weighted by Crippen LogP contribution is -2.34. The van der Waals surface area contributed by atoms with Gasteiger partial charge in [-0.1, -0.05) is 18.2 Å². The maximum Gasteiger partial charge on any atom is 0.273 e. The second-order valence-corrected chi connectivity index (χ2v) is 5.10. The van der Waals surface area contributed by atoms with E-state index in [0.29, 0.717) is 25.5 Å². The second-order valence-electron chi connectivity index (χ2n) is 5.10. The van der Waals surface area contributed by atoms with Crippen molar-refractivity contribution >= 4 is 18.3 Å².